The lowest BCUT2D eigenvalue weighted by Gasteiger charge is -2.25. The molecule has 0 amide bonds. The van der Waals surface area contributed by atoms with Gasteiger partial charge in [0, 0.05) is 6.04 Å². The summed E-state index contributed by atoms with van der Waals surface area (Å²) in [7, 11) is 0. The minimum atomic E-state index is 0.493. The summed E-state index contributed by atoms with van der Waals surface area (Å²) < 4.78 is 0. The van der Waals surface area contributed by atoms with E-state index in [1.165, 1.54) is 44.1 Å². The van der Waals surface area contributed by atoms with Gasteiger partial charge >= 0.3 is 0 Å². The molecule has 2 N–H and O–H groups in total. The van der Waals surface area contributed by atoms with Crippen LogP contribution in [0.4, 0.5) is 0 Å². The second kappa shape index (κ2) is 4.94. The molecule has 0 unspecified atom stereocenters. The molecule has 0 atom stereocenters. The van der Waals surface area contributed by atoms with Gasteiger partial charge < -0.3 is 5.73 Å². The molecule has 0 radical (unpaired) electrons. The number of thiophene rings is 1. The summed E-state index contributed by atoms with van der Waals surface area (Å²) in [6.07, 6.45) is 7.83. The molecule has 78 valence electrons. The molecule has 1 saturated carbocycles. The molecule has 0 bridgehead atoms. The van der Waals surface area contributed by atoms with Crippen molar-refractivity contribution in [1.82, 2.24) is 0 Å². The number of hydrogen-bond donors (Lipinski definition) is 1. The third-order valence-corrected chi connectivity index (χ3v) is 4.04. The van der Waals surface area contributed by atoms with Gasteiger partial charge in [0.05, 0.1) is 0 Å². The van der Waals surface area contributed by atoms with E-state index in [9.17, 15) is 0 Å². The molecule has 0 spiro atoms. The molecule has 2 rings (SSSR count). The fraction of sp³-hybridized carbons (Fsp3) is 0.667. The van der Waals surface area contributed by atoms with E-state index in [2.05, 4.69) is 16.8 Å². The summed E-state index contributed by atoms with van der Waals surface area (Å²) >= 11 is 1.81. The van der Waals surface area contributed by atoms with Crippen LogP contribution in [0.2, 0.25) is 0 Å². The molecule has 1 aliphatic carbocycles. The Balaban J connectivity index is 1.71. The lowest BCUT2D eigenvalue weighted by Crippen LogP contribution is -2.26. The lowest BCUT2D eigenvalue weighted by molar-refractivity contribution is 0.311. The molecule has 1 aromatic rings. The summed E-state index contributed by atoms with van der Waals surface area (Å²) in [6.45, 7) is 0. The van der Waals surface area contributed by atoms with Crippen molar-refractivity contribution in [1.29, 1.82) is 0 Å². The molecular weight excluding hydrogens is 190 g/mol. The van der Waals surface area contributed by atoms with Crippen molar-refractivity contribution < 1.29 is 0 Å². The maximum Gasteiger partial charge on any atom is 0.00390 e. The summed E-state index contributed by atoms with van der Waals surface area (Å²) in [5, 5.41) is 4.45. The molecule has 14 heavy (non-hydrogen) atoms. The molecule has 0 aromatic carbocycles. The minimum Gasteiger partial charge on any atom is -0.328 e. The largest absolute Gasteiger partial charge is 0.328 e. The third kappa shape index (κ3) is 2.82. The average molecular weight is 209 g/mol. The summed E-state index contributed by atoms with van der Waals surface area (Å²) in [5.74, 6) is 0.940. The fourth-order valence-corrected chi connectivity index (χ4v) is 2.99. The molecule has 1 nitrogen and oxygen atoms in total. The van der Waals surface area contributed by atoms with Crippen LogP contribution in [-0.4, -0.2) is 6.04 Å². The van der Waals surface area contributed by atoms with Gasteiger partial charge in [0.1, 0.15) is 0 Å². The van der Waals surface area contributed by atoms with E-state index in [-0.39, 0.29) is 0 Å². The fourth-order valence-electron chi connectivity index (χ4n) is 2.28. The standard InChI is InChI=1S/C12H19NS/c13-12-5-3-10(4-6-12)1-2-11-7-8-14-9-11/h7-10,12H,1-6,13H2. The van der Waals surface area contributed by atoms with Crippen LogP contribution in [0.5, 0.6) is 0 Å². The third-order valence-electron chi connectivity index (χ3n) is 3.31. The number of aryl methyl sites for hydroxylation is 1. The Morgan fingerprint density at radius 1 is 1.29 bits per heavy atom. The highest BCUT2D eigenvalue weighted by molar-refractivity contribution is 7.07. The van der Waals surface area contributed by atoms with E-state index in [0.717, 1.165) is 5.92 Å². The highest BCUT2D eigenvalue weighted by Crippen LogP contribution is 2.27. The van der Waals surface area contributed by atoms with Gasteiger partial charge in [0.25, 0.3) is 0 Å². The molecule has 1 aromatic heterocycles. The normalized spacial score (nSPS) is 27.8. The minimum absolute atomic E-state index is 0.493. The summed E-state index contributed by atoms with van der Waals surface area (Å²) in [4.78, 5) is 0. The average Bonchev–Trinajstić information content (AvgIpc) is 2.70. The van der Waals surface area contributed by atoms with Crippen molar-refractivity contribution in [3.05, 3.63) is 22.4 Å². The summed E-state index contributed by atoms with van der Waals surface area (Å²) in [5.41, 5.74) is 7.41. The molecular formula is C12H19NS. The van der Waals surface area contributed by atoms with Crippen LogP contribution in [0.3, 0.4) is 0 Å². The van der Waals surface area contributed by atoms with Crippen LogP contribution in [0.1, 0.15) is 37.7 Å². The van der Waals surface area contributed by atoms with Gasteiger partial charge in [0.2, 0.25) is 0 Å². The second-order valence-electron chi connectivity index (χ2n) is 4.45. The van der Waals surface area contributed by atoms with Crippen molar-refractivity contribution >= 4 is 11.3 Å². The van der Waals surface area contributed by atoms with E-state index in [1.807, 2.05) is 0 Å². The molecule has 1 heterocycles. The monoisotopic (exact) mass is 209 g/mol. The SMILES string of the molecule is NC1CCC(CCc2ccsc2)CC1. The van der Waals surface area contributed by atoms with E-state index in [1.54, 1.807) is 11.3 Å². The van der Waals surface area contributed by atoms with E-state index in [4.69, 9.17) is 5.73 Å². The number of rotatable bonds is 3. The second-order valence-corrected chi connectivity index (χ2v) is 5.23. The molecule has 2 heteroatoms. The van der Waals surface area contributed by atoms with Crippen LogP contribution < -0.4 is 5.73 Å². The smallest absolute Gasteiger partial charge is 0.00390 e. The predicted octanol–water partition coefficient (Wildman–Crippen LogP) is 3.20. The molecule has 1 fully saturated rings. The van der Waals surface area contributed by atoms with Crippen molar-refractivity contribution in [2.45, 2.75) is 44.6 Å². The number of nitrogens with two attached hydrogens (primary N) is 1. The van der Waals surface area contributed by atoms with Crippen molar-refractivity contribution in [2.24, 2.45) is 11.7 Å². The number of hydrogen-bond acceptors (Lipinski definition) is 2. The first-order chi connectivity index (χ1) is 6.84. The van der Waals surface area contributed by atoms with Gasteiger partial charge in [-0.1, -0.05) is 0 Å². The van der Waals surface area contributed by atoms with Crippen LogP contribution in [0.25, 0.3) is 0 Å². The first-order valence-corrected chi connectivity index (χ1v) is 6.55. The van der Waals surface area contributed by atoms with E-state index in [0.29, 0.717) is 6.04 Å². The van der Waals surface area contributed by atoms with Crippen LogP contribution in [-0.2, 0) is 6.42 Å². The molecule has 0 saturated heterocycles. The predicted molar refractivity (Wildman–Crippen MR) is 62.6 cm³/mol. The Hall–Kier alpha value is -0.340. The first-order valence-electron chi connectivity index (χ1n) is 5.61. The first kappa shape index (κ1) is 10.2. The van der Waals surface area contributed by atoms with E-state index >= 15 is 0 Å². The summed E-state index contributed by atoms with van der Waals surface area (Å²) in [6, 6.07) is 2.74. The zero-order valence-electron chi connectivity index (χ0n) is 8.61. The maximum atomic E-state index is 5.89. The van der Waals surface area contributed by atoms with Crippen LogP contribution >= 0.6 is 11.3 Å². The zero-order valence-corrected chi connectivity index (χ0v) is 9.43. The highest BCUT2D eigenvalue weighted by Gasteiger charge is 2.17. The van der Waals surface area contributed by atoms with Crippen LogP contribution in [0, 0.1) is 5.92 Å². The zero-order chi connectivity index (χ0) is 9.80. The van der Waals surface area contributed by atoms with Gasteiger partial charge in [-0.3, -0.25) is 0 Å². The van der Waals surface area contributed by atoms with E-state index < -0.39 is 0 Å². The quantitative estimate of drug-likeness (QED) is 0.813. The molecule has 0 aliphatic heterocycles. The maximum absolute atomic E-state index is 5.89. The molecule has 1 aliphatic rings. The van der Waals surface area contributed by atoms with Gasteiger partial charge in [-0.15, -0.1) is 0 Å². The topological polar surface area (TPSA) is 26.0 Å². The Kier molecular flexibility index (Phi) is 3.60. The van der Waals surface area contributed by atoms with Crippen molar-refractivity contribution in [3.63, 3.8) is 0 Å². The Labute approximate surface area is 90.3 Å². The van der Waals surface area contributed by atoms with Gasteiger partial charge in [-0.05, 0) is 66.8 Å². The van der Waals surface area contributed by atoms with Crippen molar-refractivity contribution in [3.8, 4) is 0 Å². The Bertz CT molecular complexity index is 247. The lowest BCUT2D eigenvalue weighted by atomic mass is 9.83. The Morgan fingerprint density at radius 3 is 2.71 bits per heavy atom. The highest BCUT2D eigenvalue weighted by atomic mass is 32.1. The van der Waals surface area contributed by atoms with Gasteiger partial charge in [-0.2, -0.15) is 11.3 Å². The Morgan fingerprint density at radius 2 is 2.07 bits per heavy atom. The van der Waals surface area contributed by atoms with Crippen molar-refractivity contribution in [2.75, 3.05) is 0 Å². The van der Waals surface area contributed by atoms with Gasteiger partial charge in [0.15, 0.2) is 0 Å². The van der Waals surface area contributed by atoms with Crippen LogP contribution in [0.15, 0.2) is 16.8 Å². The van der Waals surface area contributed by atoms with Gasteiger partial charge in [-0.25, -0.2) is 0 Å².